The number of hydrogen-bond donors (Lipinski definition) is 0. The van der Waals surface area contributed by atoms with Crippen LogP contribution in [0.1, 0.15) is 6.92 Å². The molecule has 0 amide bonds. The van der Waals surface area contributed by atoms with E-state index in [1.807, 2.05) is 0 Å². The second kappa shape index (κ2) is 3.28. The summed E-state index contributed by atoms with van der Waals surface area (Å²) in [5.74, 6) is 0.103. The lowest BCUT2D eigenvalue weighted by Gasteiger charge is -1.94. The maximum atomic E-state index is 10.1. The van der Waals surface area contributed by atoms with E-state index in [0.29, 0.717) is 5.88 Å². The molecule has 1 atom stereocenters. The van der Waals surface area contributed by atoms with Crippen molar-refractivity contribution >= 4 is 28.4 Å². The first-order valence-corrected chi connectivity index (χ1v) is 2.85. The molecule has 0 rings (SSSR count). The first kappa shape index (κ1) is 7.25. The Labute approximate surface area is 52.6 Å². The Morgan fingerprint density at radius 1 is 1.86 bits per heavy atom. The molecule has 0 unspecified atom stereocenters. The number of hydrogen-bond acceptors (Lipinski definition) is 1. The molecule has 7 heavy (non-hydrogen) atoms. The molecule has 0 aliphatic carbocycles. The minimum absolute atomic E-state index is 0.205. The van der Waals surface area contributed by atoms with Crippen molar-refractivity contribution in [2.24, 2.45) is 5.92 Å². The van der Waals surface area contributed by atoms with Crippen molar-refractivity contribution in [2.75, 3.05) is 5.88 Å². The molecule has 0 saturated carbocycles. The van der Waals surface area contributed by atoms with E-state index in [2.05, 4.69) is 0 Å². The molecule has 0 spiro atoms. The zero-order valence-corrected chi connectivity index (χ0v) is 5.46. The van der Waals surface area contributed by atoms with Crippen molar-refractivity contribution < 1.29 is 4.79 Å². The number of alkyl halides is 1. The van der Waals surface area contributed by atoms with Crippen LogP contribution >= 0.6 is 23.2 Å². The topological polar surface area (TPSA) is 17.1 Å². The average molecular weight is 141 g/mol. The Kier molecular flexibility index (Phi) is 3.39. The zero-order chi connectivity index (χ0) is 5.86. The van der Waals surface area contributed by atoms with Gasteiger partial charge in [-0.3, -0.25) is 4.79 Å². The summed E-state index contributed by atoms with van der Waals surface area (Å²) in [6, 6.07) is 0. The van der Waals surface area contributed by atoms with Gasteiger partial charge in [0.1, 0.15) is 0 Å². The van der Waals surface area contributed by atoms with E-state index in [1.165, 1.54) is 0 Å². The standard InChI is InChI=1S/C4H6Cl2O/c1-3(2-5)4(6)7/h3H,2H2,1H3/t3-/m0/s1. The van der Waals surface area contributed by atoms with E-state index < -0.39 is 0 Å². The van der Waals surface area contributed by atoms with Crippen molar-refractivity contribution in [3.63, 3.8) is 0 Å². The summed E-state index contributed by atoms with van der Waals surface area (Å²) >= 11 is 10.2. The fraction of sp³-hybridized carbons (Fsp3) is 0.750. The van der Waals surface area contributed by atoms with Gasteiger partial charge < -0.3 is 0 Å². The maximum Gasteiger partial charge on any atom is 0.225 e. The van der Waals surface area contributed by atoms with E-state index in [1.54, 1.807) is 6.92 Å². The van der Waals surface area contributed by atoms with E-state index >= 15 is 0 Å². The van der Waals surface area contributed by atoms with Gasteiger partial charge in [-0.2, -0.15) is 0 Å². The number of carbonyl (C=O) groups is 1. The Bertz CT molecular complexity index is 72.1. The van der Waals surface area contributed by atoms with Gasteiger partial charge in [0.05, 0.1) is 0 Å². The Morgan fingerprint density at radius 2 is 2.29 bits per heavy atom. The Morgan fingerprint density at radius 3 is 2.29 bits per heavy atom. The third-order valence-electron chi connectivity index (χ3n) is 0.619. The van der Waals surface area contributed by atoms with E-state index in [4.69, 9.17) is 23.2 Å². The van der Waals surface area contributed by atoms with Crippen LogP contribution in [0.25, 0.3) is 0 Å². The molecular formula is C4H6Cl2O. The molecule has 0 heterocycles. The predicted molar refractivity (Wildman–Crippen MR) is 30.7 cm³/mol. The monoisotopic (exact) mass is 140 g/mol. The summed E-state index contributed by atoms with van der Waals surface area (Å²) in [5.41, 5.74) is 0. The number of carbonyl (C=O) groups excluding carboxylic acids is 1. The number of halogens is 2. The van der Waals surface area contributed by atoms with E-state index in [0.717, 1.165) is 0 Å². The smallest absolute Gasteiger partial charge is 0.225 e. The molecule has 0 fully saturated rings. The molecular weight excluding hydrogens is 135 g/mol. The highest BCUT2D eigenvalue weighted by atomic mass is 35.5. The SMILES string of the molecule is C[C@@H](CCl)C(=O)Cl. The van der Waals surface area contributed by atoms with Crippen molar-refractivity contribution in [1.29, 1.82) is 0 Å². The maximum absolute atomic E-state index is 10.1. The molecule has 0 saturated heterocycles. The van der Waals surface area contributed by atoms with E-state index in [9.17, 15) is 4.79 Å². The minimum Gasteiger partial charge on any atom is -0.281 e. The van der Waals surface area contributed by atoms with Gasteiger partial charge in [0.25, 0.3) is 0 Å². The second-order valence-electron chi connectivity index (χ2n) is 1.36. The molecule has 1 nitrogen and oxygen atoms in total. The fourth-order valence-corrected chi connectivity index (χ4v) is 0.357. The molecule has 0 aliphatic heterocycles. The molecule has 42 valence electrons. The largest absolute Gasteiger partial charge is 0.281 e. The molecule has 3 heteroatoms. The van der Waals surface area contributed by atoms with Gasteiger partial charge in [-0.15, -0.1) is 11.6 Å². The van der Waals surface area contributed by atoms with Crippen LogP contribution in [-0.2, 0) is 4.79 Å². The van der Waals surface area contributed by atoms with Crippen LogP contribution in [-0.4, -0.2) is 11.1 Å². The van der Waals surface area contributed by atoms with Gasteiger partial charge in [-0.1, -0.05) is 6.92 Å². The molecule has 0 aromatic carbocycles. The van der Waals surface area contributed by atoms with Crippen molar-refractivity contribution in [1.82, 2.24) is 0 Å². The second-order valence-corrected chi connectivity index (χ2v) is 2.04. The predicted octanol–water partition coefficient (Wildman–Crippen LogP) is 1.63. The van der Waals surface area contributed by atoms with Crippen LogP contribution in [0.2, 0.25) is 0 Å². The summed E-state index contributed by atoms with van der Waals surface area (Å²) in [5, 5.41) is -0.366. The van der Waals surface area contributed by atoms with Crippen molar-refractivity contribution in [2.45, 2.75) is 6.92 Å². The van der Waals surface area contributed by atoms with Crippen LogP contribution in [0.4, 0.5) is 0 Å². The van der Waals surface area contributed by atoms with Crippen LogP contribution < -0.4 is 0 Å². The summed E-state index contributed by atoms with van der Waals surface area (Å²) in [6.45, 7) is 1.68. The van der Waals surface area contributed by atoms with Gasteiger partial charge in [0, 0.05) is 11.8 Å². The lowest BCUT2D eigenvalue weighted by molar-refractivity contribution is -0.114. The third-order valence-corrected chi connectivity index (χ3v) is 1.45. The quantitative estimate of drug-likeness (QED) is 0.421. The molecule has 0 aromatic heterocycles. The summed E-state index contributed by atoms with van der Waals surface area (Å²) in [6.07, 6.45) is 0. The van der Waals surface area contributed by atoms with Crippen LogP contribution in [0.3, 0.4) is 0 Å². The summed E-state index contributed by atoms with van der Waals surface area (Å²) in [7, 11) is 0. The van der Waals surface area contributed by atoms with Gasteiger partial charge in [-0.05, 0) is 11.6 Å². The highest BCUT2D eigenvalue weighted by Gasteiger charge is 2.05. The molecule has 0 aliphatic rings. The number of rotatable bonds is 2. The highest BCUT2D eigenvalue weighted by Crippen LogP contribution is 2.01. The normalized spacial score (nSPS) is 13.6. The van der Waals surface area contributed by atoms with Crippen LogP contribution in [0.5, 0.6) is 0 Å². The van der Waals surface area contributed by atoms with Gasteiger partial charge in [-0.25, -0.2) is 0 Å². The first-order chi connectivity index (χ1) is 3.18. The summed E-state index contributed by atoms with van der Waals surface area (Å²) in [4.78, 5) is 10.1. The summed E-state index contributed by atoms with van der Waals surface area (Å²) < 4.78 is 0. The van der Waals surface area contributed by atoms with E-state index in [-0.39, 0.29) is 11.2 Å². The minimum atomic E-state index is -0.366. The third kappa shape index (κ3) is 2.89. The van der Waals surface area contributed by atoms with Crippen LogP contribution in [0.15, 0.2) is 0 Å². The van der Waals surface area contributed by atoms with Crippen molar-refractivity contribution in [3.05, 3.63) is 0 Å². The van der Waals surface area contributed by atoms with Gasteiger partial charge in [0.2, 0.25) is 5.24 Å². The lowest BCUT2D eigenvalue weighted by atomic mass is 10.3. The van der Waals surface area contributed by atoms with Crippen LogP contribution in [0, 0.1) is 5.92 Å². The molecule has 0 N–H and O–H groups in total. The fourth-order valence-electron chi connectivity index (χ4n) is 0.0607. The van der Waals surface area contributed by atoms with Gasteiger partial charge in [0.15, 0.2) is 0 Å². The van der Waals surface area contributed by atoms with Crippen molar-refractivity contribution in [3.8, 4) is 0 Å². The highest BCUT2D eigenvalue weighted by molar-refractivity contribution is 6.64. The average Bonchev–Trinajstić information content (AvgIpc) is 1.65. The zero-order valence-electron chi connectivity index (χ0n) is 3.95. The Balaban J connectivity index is 3.34. The van der Waals surface area contributed by atoms with Gasteiger partial charge >= 0.3 is 0 Å². The molecule has 0 radical (unpaired) electrons. The molecule has 0 bridgehead atoms. The first-order valence-electron chi connectivity index (χ1n) is 1.93. The lowest BCUT2D eigenvalue weighted by Crippen LogP contribution is -2.03. The Hall–Kier alpha value is 0.250. The molecule has 0 aromatic rings.